The number of benzene rings is 2. The van der Waals surface area contributed by atoms with Gasteiger partial charge in [-0.3, -0.25) is 0 Å². The van der Waals surface area contributed by atoms with Crippen LogP contribution in [-0.4, -0.2) is 18.3 Å². The summed E-state index contributed by atoms with van der Waals surface area (Å²) >= 11 is 0. The van der Waals surface area contributed by atoms with Gasteiger partial charge in [0.2, 0.25) is 0 Å². The van der Waals surface area contributed by atoms with Crippen LogP contribution >= 0.6 is 0 Å². The molecule has 0 radical (unpaired) electrons. The Hall–Kier alpha value is -2.05. The minimum absolute atomic E-state index is 0.551. The Bertz CT molecular complexity index is 869. The quantitative estimate of drug-likeness (QED) is 0.421. The topological polar surface area (TPSA) is 18.5 Å². The molecule has 0 spiro atoms. The lowest BCUT2D eigenvalue weighted by Crippen LogP contribution is -2.41. The van der Waals surface area contributed by atoms with E-state index in [9.17, 15) is 13.2 Å². The van der Waals surface area contributed by atoms with Gasteiger partial charge in [0, 0.05) is 0 Å². The summed E-state index contributed by atoms with van der Waals surface area (Å²) in [5.74, 6) is 0. The first kappa shape index (κ1) is 21.7. The molecule has 1 saturated heterocycles. The summed E-state index contributed by atoms with van der Waals surface area (Å²) in [4.78, 5) is 0. The van der Waals surface area contributed by atoms with E-state index in [-0.39, 0.29) is 0 Å². The molecule has 1 fully saturated rings. The minimum atomic E-state index is -4.38. The summed E-state index contributed by atoms with van der Waals surface area (Å²) in [6.45, 7) is 9.88. The molecule has 1 aliphatic rings. The number of hydrogen-bond acceptors (Lipinski definition) is 2. The van der Waals surface area contributed by atoms with Crippen LogP contribution in [0.3, 0.4) is 0 Å². The zero-order chi connectivity index (χ0) is 21.4. The highest BCUT2D eigenvalue weighted by atomic mass is 19.4. The summed E-state index contributed by atoms with van der Waals surface area (Å²) in [7, 11) is -0.674. The average Bonchev–Trinajstić information content (AvgIpc) is 2.86. The monoisotopic (exact) mass is 402 g/mol. The van der Waals surface area contributed by atoms with E-state index in [1.54, 1.807) is 0 Å². The minimum Gasteiger partial charge on any atom is -0.399 e. The van der Waals surface area contributed by atoms with E-state index in [2.05, 4.69) is 0 Å². The maximum absolute atomic E-state index is 13.1. The largest absolute Gasteiger partial charge is 0.495 e. The second kappa shape index (κ2) is 7.65. The van der Waals surface area contributed by atoms with Crippen molar-refractivity contribution in [2.45, 2.75) is 58.4 Å². The van der Waals surface area contributed by atoms with Crippen molar-refractivity contribution in [2.75, 3.05) is 0 Å². The molecule has 0 saturated carbocycles. The number of rotatable bonds is 4. The molecule has 0 aliphatic carbocycles. The summed E-state index contributed by atoms with van der Waals surface area (Å²) < 4.78 is 51.7. The summed E-state index contributed by atoms with van der Waals surface area (Å²) in [6.07, 6.45) is -3.69. The van der Waals surface area contributed by atoms with Gasteiger partial charge in [0.05, 0.1) is 16.8 Å². The number of alkyl halides is 3. The van der Waals surface area contributed by atoms with Crippen molar-refractivity contribution in [3.05, 3.63) is 71.3 Å². The van der Waals surface area contributed by atoms with Gasteiger partial charge in [-0.15, -0.1) is 0 Å². The molecule has 29 heavy (non-hydrogen) atoms. The smallest absolute Gasteiger partial charge is 0.399 e. The van der Waals surface area contributed by atoms with Gasteiger partial charge in [-0.05, 0) is 68.4 Å². The van der Waals surface area contributed by atoms with E-state index < -0.39 is 30.1 Å². The molecule has 1 heterocycles. The van der Waals surface area contributed by atoms with E-state index in [4.69, 9.17) is 9.31 Å². The van der Waals surface area contributed by atoms with Crippen molar-refractivity contribution in [1.29, 1.82) is 0 Å². The molecule has 0 aromatic heterocycles. The molecule has 6 heteroatoms. The molecule has 2 aromatic rings. The SMILES string of the molecule is CC/C(=C(/B1OC(C)(C)C(C)(C)O1)c1ccc(C(F)(F)F)cc1)c1ccccc1. The van der Waals surface area contributed by atoms with Crippen LogP contribution in [0.2, 0.25) is 0 Å². The van der Waals surface area contributed by atoms with Gasteiger partial charge in [-0.2, -0.15) is 13.2 Å². The van der Waals surface area contributed by atoms with Crippen LogP contribution in [0.5, 0.6) is 0 Å². The third-order valence-corrected chi connectivity index (χ3v) is 5.81. The molecule has 0 N–H and O–H groups in total. The van der Waals surface area contributed by atoms with E-state index in [0.29, 0.717) is 12.0 Å². The average molecular weight is 402 g/mol. The van der Waals surface area contributed by atoms with E-state index in [1.807, 2.05) is 65.0 Å². The molecule has 0 amide bonds. The molecule has 0 bridgehead atoms. The fourth-order valence-electron chi connectivity index (χ4n) is 3.44. The molecule has 0 atom stereocenters. The number of halogens is 3. The number of allylic oxidation sites excluding steroid dienone is 1. The van der Waals surface area contributed by atoms with Crippen molar-refractivity contribution in [2.24, 2.45) is 0 Å². The van der Waals surface area contributed by atoms with Gasteiger partial charge in [-0.1, -0.05) is 49.4 Å². The van der Waals surface area contributed by atoms with Gasteiger partial charge >= 0.3 is 13.3 Å². The second-order valence-electron chi connectivity index (χ2n) is 8.28. The summed E-state index contributed by atoms with van der Waals surface area (Å²) in [6, 6.07) is 15.0. The molecule has 154 valence electrons. The van der Waals surface area contributed by atoms with Crippen LogP contribution in [0.15, 0.2) is 54.6 Å². The lowest BCUT2D eigenvalue weighted by molar-refractivity contribution is -0.137. The lowest BCUT2D eigenvalue weighted by Gasteiger charge is -2.32. The third kappa shape index (κ3) is 4.29. The predicted octanol–water partition coefficient (Wildman–Crippen LogP) is 6.66. The Morgan fingerprint density at radius 3 is 1.79 bits per heavy atom. The maximum Gasteiger partial charge on any atom is 0.495 e. The van der Waals surface area contributed by atoms with Crippen LogP contribution < -0.4 is 0 Å². The van der Waals surface area contributed by atoms with Gasteiger partial charge < -0.3 is 9.31 Å². The molecule has 1 aliphatic heterocycles. The first-order chi connectivity index (χ1) is 13.5. The zero-order valence-electron chi connectivity index (χ0n) is 17.4. The van der Waals surface area contributed by atoms with Crippen molar-refractivity contribution < 1.29 is 22.5 Å². The Morgan fingerprint density at radius 1 is 0.828 bits per heavy atom. The van der Waals surface area contributed by atoms with Gasteiger partial charge in [0.1, 0.15) is 0 Å². The fourth-order valence-corrected chi connectivity index (χ4v) is 3.44. The Balaban J connectivity index is 2.16. The maximum atomic E-state index is 13.1. The van der Waals surface area contributed by atoms with Crippen LogP contribution in [0, 0.1) is 0 Å². The fraction of sp³-hybridized carbons (Fsp3) is 0.391. The van der Waals surface area contributed by atoms with Crippen molar-refractivity contribution in [3.63, 3.8) is 0 Å². The van der Waals surface area contributed by atoms with Crippen LogP contribution in [0.1, 0.15) is 57.7 Å². The van der Waals surface area contributed by atoms with Crippen molar-refractivity contribution in [1.82, 2.24) is 0 Å². The molecular formula is C23H26BF3O2. The summed E-state index contributed by atoms with van der Waals surface area (Å²) in [5, 5.41) is 0. The third-order valence-electron chi connectivity index (χ3n) is 5.81. The second-order valence-corrected chi connectivity index (χ2v) is 8.28. The first-order valence-corrected chi connectivity index (χ1v) is 9.78. The van der Waals surface area contributed by atoms with E-state index >= 15 is 0 Å². The molecule has 2 aromatic carbocycles. The highest BCUT2D eigenvalue weighted by molar-refractivity contribution is 6.71. The van der Waals surface area contributed by atoms with Crippen LogP contribution in [0.25, 0.3) is 11.0 Å². The van der Waals surface area contributed by atoms with Gasteiger partial charge in [0.25, 0.3) is 0 Å². The normalized spacial score (nSPS) is 19.2. The zero-order valence-corrected chi connectivity index (χ0v) is 17.4. The Kier molecular flexibility index (Phi) is 5.72. The van der Waals surface area contributed by atoms with Crippen LogP contribution in [-0.2, 0) is 15.5 Å². The molecule has 3 rings (SSSR count). The molecular weight excluding hydrogens is 376 g/mol. The number of hydrogen-bond donors (Lipinski definition) is 0. The van der Waals surface area contributed by atoms with E-state index in [0.717, 1.165) is 28.7 Å². The molecule has 0 unspecified atom stereocenters. The lowest BCUT2D eigenvalue weighted by atomic mass is 9.69. The Labute approximate surface area is 170 Å². The van der Waals surface area contributed by atoms with Crippen LogP contribution in [0.4, 0.5) is 13.2 Å². The summed E-state index contributed by atoms with van der Waals surface area (Å²) in [5.41, 5.74) is 1.65. The van der Waals surface area contributed by atoms with Crippen molar-refractivity contribution in [3.8, 4) is 0 Å². The van der Waals surface area contributed by atoms with Gasteiger partial charge in [-0.25, -0.2) is 0 Å². The Morgan fingerprint density at radius 2 is 1.34 bits per heavy atom. The van der Waals surface area contributed by atoms with Gasteiger partial charge in [0.15, 0.2) is 0 Å². The van der Waals surface area contributed by atoms with Crippen molar-refractivity contribution >= 4 is 18.2 Å². The highest BCUT2D eigenvalue weighted by Crippen LogP contribution is 2.43. The highest BCUT2D eigenvalue weighted by Gasteiger charge is 2.53. The van der Waals surface area contributed by atoms with E-state index in [1.165, 1.54) is 12.1 Å². The first-order valence-electron chi connectivity index (χ1n) is 9.78. The standard InChI is InChI=1S/C23H26BF3O2/c1-6-19(16-10-8-7-9-11-16)20(24-28-21(2,3)22(4,5)29-24)17-12-14-18(15-13-17)23(25,26)27/h7-15H,6H2,1-5H3/b20-19-. The predicted molar refractivity (Wildman–Crippen MR) is 111 cm³/mol. The molecule has 2 nitrogen and oxygen atoms in total.